The highest BCUT2D eigenvalue weighted by Crippen LogP contribution is 2.38. The van der Waals surface area contributed by atoms with Gasteiger partial charge in [0.25, 0.3) is 5.91 Å². The van der Waals surface area contributed by atoms with E-state index in [0.717, 1.165) is 35.1 Å². The maximum absolute atomic E-state index is 14.2. The molecule has 1 aliphatic heterocycles. The number of amides is 1. The molecule has 2 aromatic heterocycles. The number of halogens is 2. The van der Waals surface area contributed by atoms with E-state index in [1.54, 1.807) is 12.1 Å². The van der Waals surface area contributed by atoms with Crippen molar-refractivity contribution in [2.24, 2.45) is 0 Å². The summed E-state index contributed by atoms with van der Waals surface area (Å²) in [4.78, 5) is 33.2. The number of anilines is 1. The van der Waals surface area contributed by atoms with Crippen molar-refractivity contribution < 1.29 is 4.79 Å². The van der Waals surface area contributed by atoms with Gasteiger partial charge in [0.1, 0.15) is 18.0 Å². The summed E-state index contributed by atoms with van der Waals surface area (Å²) in [6.07, 6.45) is 3.34. The molecule has 6 aromatic rings. The van der Waals surface area contributed by atoms with Gasteiger partial charge in [-0.05, 0) is 61.2 Å². The van der Waals surface area contributed by atoms with Gasteiger partial charge in [0.15, 0.2) is 0 Å². The van der Waals surface area contributed by atoms with Crippen LogP contribution in [0.5, 0.6) is 0 Å². The van der Waals surface area contributed by atoms with Crippen LogP contribution in [-0.4, -0.2) is 43.3 Å². The predicted molar refractivity (Wildman–Crippen MR) is 176 cm³/mol. The molecule has 1 saturated heterocycles. The first kappa shape index (κ1) is 28.3. The second-order valence-corrected chi connectivity index (χ2v) is 12.1. The molecule has 1 fully saturated rings. The van der Waals surface area contributed by atoms with E-state index >= 15 is 0 Å². The van der Waals surface area contributed by atoms with Gasteiger partial charge in [-0.2, -0.15) is 0 Å². The summed E-state index contributed by atoms with van der Waals surface area (Å²) in [6, 6.07) is 29.8. The van der Waals surface area contributed by atoms with Crippen molar-refractivity contribution in [3.8, 4) is 0 Å². The number of benzene rings is 4. The molecule has 9 heteroatoms. The topological polar surface area (TPSA) is 86.8 Å². The molecule has 0 aliphatic carbocycles. The fourth-order valence-corrected chi connectivity index (χ4v) is 6.75. The third-order valence-corrected chi connectivity index (χ3v) is 8.99. The van der Waals surface area contributed by atoms with Crippen LogP contribution in [0.3, 0.4) is 0 Å². The van der Waals surface area contributed by atoms with Gasteiger partial charge in [0.05, 0.1) is 33.2 Å². The summed E-state index contributed by atoms with van der Waals surface area (Å²) in [5.74, 6) is 1.32. The maximum Gasteiger partial charge on any atom is 0.255 e. The summed E-state index contributed by atoms with van der Waals surface area (Å²) in [6.45, 7) is 2.67. The van der Waals surface area contributed by atoms with Crippen LogP contribution < -0.4 is 5.32 Å². The van der Waals surface area contributed by atoms with Crippen LogP contribution in [0, 0.1) is 0 Å². The molecule has 2 atom stereocenters. The van der Waals surface area contributed by atoms with Crippen molar-refractivity contribution in [3.05, 3.63) is 130 Å². The second-order valence-electron chi connectivity index (χ2n) is 11.2. The summed E-state index contributed by atoms with van der Waals surface area (Å²) in [5.41, 5.74) is 5.16. The number of hydrogen-bond acceptors (Lipinski definition) is 5. The first-order valence-electron chi connectivity index (χ1n) is 14.7. The molecule has 1 amide bonds. The average Bonchev–Trinajstić information content (AvgIpc) is 3.69. The number of carbonyl (C=O) groups excluding carboxylic acids is 1. The Morgan fingerprint density at radius 3 is 2.39 bits per heavy atom. The van der Waals surface area contributed by atoms with Crippen LogP contribution in [0.15, 0.2) is 97.3 Å². The number of nitrogens with one attached hydrogen (secondary N) is 2. The molecule has 0 saturated carbocycles. The summed E-state index contributed by atoms with van der Waals surface area (Å²) in [7, 11) is 0. The Bertz CT molecular complexity index is 1920. The van der Waals surface area contributed by atoms with Crippen molar-refractivity contribution in [2.75, 3.05) is 11.9 Å². The highest BCUT2D eigenvalue weighted by Gasteiger charge is 2.37. The zero-order valence-electron chi connectivity index (χ0n) is 24.0. The zero-order valence-corrected chi connectivity index (χ0v) is 25.6. The van der Waals surface area contributed by atoms with Crippen LogP contribution in [-0.2, 0) is 0 Å². The molecule has 0 bridgehead atoms. The van der Waals surface area contributed by atoms with Gasteiger partial charge in [0.2, 0.25) is 0 Å². The lowest BCUT2D eigenvalue weighted by Crippen LogP contribution is -2.39. The minimum Gasteiger partial charge on any atom is -0.360 e. The van der Waals surface area contributed by atoms with E-state index in [4.69, 9.17) is 28.2 Å². The fourth-order valence-electron chi connectivity index (χ4n) is 6.34. The largest absolute Gasteiger partial charge is 0.360 e. The number of aromatic amines is 1. The lowest BCUT2D eigenvalue weighted by Gasteiger charge is -2.33. The molecule has 44 heavy (non-hydrogen) atoms. The molecule has 3 heterocycles. The lowest BCUT2D eigenvalue weighted by atomic mass is 9.83. The number of hydrogen-bond donors (Lipinski definition) is 2. The molecule has 4 aromatic carbocycles. The molecule has 7 nitrogen and oxygen atoms in total. The van der Waals surface area contributed by atoms with Crippen molar-refractivity contribution >= 4 is 56.9 Å². The highest BCUT2D eigenvalue weighted by atomic mass is 35.5. The number of H-pyrrole nitrogens is 1. The third-order valence-electron chi connectivity index (χ3n) is 8.44. The Balaban J connectivity index is 1.19. The minimum absolute atomic E-state index is 0.00114. The van der Waals surface area contributed by atoms with Crippen molar-refractivity contribution in [1.82, 2.24) is 24.8 Å². The van der Waals surface area contributed by atoms with E-state index in [-0.39, 0.29) is 23.9 Å². The number of fused-ring (bicyclic) bond motifs is 2. The molecule has 0 spiro atoms. The fraction of sp³-hybridized carbons (Fsp3) is 0.200. The first-order chi connectivity index (χ1) is 21.5. The molecule has 1 unspecified atom stereocenters. The van der Waals surface area contributed by atoms with Crippen LogP contribution in [0.25, 0.3) is 21.9 Å². The number of imidazole rings is 1. The first-order valence-corrected chi connectivity index (χ1v) is 15.5. The van der Waals surface area contributed by atoms with Crippen molar-refractivity contribution in [1.29, 1.82) is 0 Å². The molecule has 7 rings (SSSR count). The van der Waals surface area contributed by atoms with Gasteiger partial charge in [-0.25, -0.2) is 15.0 Å². The van der Waals surface area contributed by atoms with Gasteiger partial charge in [0, 0.05) is 28.9 Å². The van der Waals surface area contributed by atoms with E-state index in [1.165, 1.54) is 17.5 Å². The Kier molecular flexibility index (Phi) is 7.66. The number of aromatic nitrogens is 4. The standard InChI is InChI=1S/C35H30Cl2N6O/c1-21(33-41-28-15-14-24(36)17-30(28)42-33)40-34-26-18-27(37)25(19-29(26)38-20-39-34)35(44)43-16-8-13-31(43)32(22-9-4-2-5-10-22)23-11-6-3-7-12-23/h2-7,9-12,14-15,17-21,31-32H,8,13,16H2,1H3,(H,41,42)(H,38,39,40)/t21-,31?/m1/s1. The average molecular weight is 622 g/mol. The predicted octanol–water partition coefficient (Wildman–Crippen LogP) is 8.42. The van der Waals surface area contributed by atoms with Gasteiger partial charge >= 0.3 is 0 Å². The Hall–Kier alpha value is -4.46. The zero-order chi connectivity index (χ0) is 30.2. The Labute approximate surface area is 265 Å². The highest BCUT2D eigenvalue weighted by molar-refractivity contribution is 6.35. The molecular weight excluding hydrogens is 591 g/mol. The van der Waals surface area contributed by atoms with E-state index in [9.17, 15) is 4.79 Å². The summed E-state index contributed by atoms with van der Waals surface area (Å²) < 4.78 is 0. The van der Waals surface area contributed by atoms with E-state index in [0.29, 0.717) is 33.5 Å². The van der Waals surface area contributed by atoms with Crippen LogP contribution in [0.1, 0.15) is 59.0 Å². The smallest absolute Gasteiger partial charge is 0.255 e. The van der Waals surface area contributed by atoms with E-state index in [1.807, 2.05) is 42.2 Å². The quantitative estimate of drug-likeness (QED) is 0.187. The number of nitrogens with zero attached hydrogens (tertiary/aromatic N) is 4. The number of likely N-dealkylation sites (tertiary alicyclic amines) is 1. The van der Waals surface area contributed by atoms with Gasteiger partial charge < -0.3 is 15.2 Å². The molecule has 220 valence electrons. The number of rotatable bonds is 7. The second kappa shape index (κ2) is 11.9. The Morgan fingerprint density at radius 2 is 1.66 bits per heavy atom. The van der Waals surface area contributed by atoms with E-state index < -0.39 is 0 Å². The molecule has 2 N–H and O–H groups in total. The summed E-state index contributed by atoms with van der Waals surface area (Å²) >= 11 is 13.0. The molecular formula is C35H30Cl2N6O. The third kappa shape index (κ3) is 5.38. The van der Waals surface area contributed by atoms with E-state index in [2.05, 4.69) is 68.8 Å². The monoisotopic (exact) mass is 620 g/mol. The molecule has 0 radical (unpaired) electrons. The number of carbonyl (C=O) groups is 1. The SMILES string of the molecule is C[C@@H](Nc1ncnc2cc(C(=O)N3CCCC3C(c3ccccc3)c3ccccc3)c(Cl)cc12)c1nc2cc(Cl)ccc2[nH]1. The minimum atomic E-state index is -0.197. The van der Waals surface area contributed by atoms with Crippen LogP contribution >= 0.6 is 23.2 Å². The normalized spacial score (nSPS) is 15.7. The Morgan fingerprint density at radius 1 is 0.932 bits per heavy atom. The van der Waals surface area contributed by atoms with Gasteiger partial charge in [-0.1, -0.05) is 83.9 Å². The summed E-state index contributed by atoms with van der Waals surface area (Å²) in [5, 5.41) is 5.16. The lowest BCUT2D eigenvalue weighted by molar-refractivity contribution is 0.0725. The van der Waals surface area contributed by atoms with Crippen LogP contribution in [0.2, 0.25) is 10.0 Å². The van der Waals surface area contributed by atoms with Gasteiger partial charge in [-0.3, -0.25) is 4.79 Å². The van der Waals surface area contributed by atoms with Gasteiger partial charge in [-0.15, -0.1) is 0 Å². The van der Waals surface area contributed by atoms with Crippen LogP contribution in [0.4, 0.5) is 5.82 Å². The molecule has 1 aliphatic rings. The van der Waals surface area contributed by atoms with Crippen molar-refractivity contribution in [2.45, 2.75) is 37.8 Å². The maximum atomic E-state index is 14.2. The van der Waals surface area contributed by atoms with Crippen molar-refractivity contribution in [3.63, 3.8) is 0 Å².